The van der Waals surface area contributed by atoms with Crippen LogP contribution in [0, 0.1) is 5.92 Å². The van der Waals surface area contributed by atoms with Gasteiger partial charge in [-0.15, -0.1) is 0 Å². The van der Waals surface area contributed by atoms with Crippen molar-refractivity contribution in [3.05, 3.63) is 0 Å². The van der Waals surface area contributed by atoms with Crippen LogP contribution >= 0.6 is 0 Å². The summed E-state index contributed by atoms with van der Waals surface area (Å²) in [4.78, 5) is 0. The normalized spacial score (nSPS) is 19.7. The first-order chi connectivity index (χ1) is 9.97. The van der Waals surface area contributed by atoms with Crippen molar-refractivity contribution in [2.24, 2.45) is 5.92 Å². The number of alkyl halides is 4. The molecule has 0 spiro atoms. The van der Waals surface area contributed by atoms with Gasteiger partial charge in [0.25, 0.3) is 0 Å². The van der Waals surface area contributed by atoms with Gasteiger partial charge in [-0.3, -0.25) is 0 Å². The smallest absolute Gasteiger partial charge is 0.330 e. The Morgan fingerprint density at radius 1 is 1.14 bits per heavy atom. The second kappa shape index (κ2) is 9.62. The van der Waals surface area contributed by atoms with Gasteiger partial charge in [-0.25, -0.2) is 8.78 Å². The topological polar surface area (TPSA) is 21.3 Å². The molecule has 6 heteroatoms. The molecule has 0 radical (unpaired) electrons. The van der Waals surface area contributed by atoms with Gasteiger partial charge in [0.15, 0.2) is 0 Å². The van der Waals surface area contributed by atoms with Crippen LogP contribution in [0.1, 0.15) is 51.9 Å². The number of ether oxygens (including phenoxy) is 1. The third-order valence-corrected chi connectivity index (χ3v) is 4.04. The van der Waals surface area contributed by atoms with Crippen molar-refractivity contribution in [2.45, 2.75) is 70.3 Å². The molecular weight excluding hydrogens is 286 g/mol. The maximum Gasteiger partial charge on any atom is 0.330 e. The fraction of sp³-hybridized carbons (Fsp3) is 1.00. The average Bonchev–Trinajstić information content (AvgIpc) is 2.71. The lowest BCUT2D eigenvalue weighted by Crippen LogP contribution is -2.42. The molecule has 2 nitrogen and oxygen atoms in total. The number of rotatable bonds is 9. The van der Waals surface area contributed by atoms with E-state index in [-0.39, 0.29) is 12.6 Å². The van der Waals surface area contributed by atoms with Crippen molar-refractivity contribution in [3.8, 4) is 0 Å². The van der Waals surface area contributed by atoms with Crippen LogP contribution in [0.25, 0.3) is 0 Å². The van der Waals surface area contributed by atoms with Gasteiger partial charge in [-0.1, -0.05) is 32.6 Å². The van der Waals surface area contributed by atoms with Gasteiger partial charge in [0.05, 0.1) is 6.61 Å². The van der Waals surface area contributed by atoms with E-state index in [4.69, 9.17) is 4.74 Å². The molecule has 21 heavy (non-hydrogen) atoms. The first-order valence-electron chi connectivity index (χ1n) is 7.94. The molecule has 126 valence electrons. The third kappa shape index (κ3) is 6.96. The van der Waals surface area contributed by atoms with E-state index < -0.39 is 19.0 Å². The molecule has 1 atom stereocenters. The molecule has 1 rings (SSSR count). The Balaban J connectivity index is 2.45. The minimum Gasteiger partial charge on any atom is -0.373 e. The lowest BCUT2D eigenvalue weighted by molar-refractivity contribution is -0.167. The quantitative estimate of drug-likeness (QED) is 0.508. The molecule has 1 aliphatic rings. The van der Waals surface area contributed by atoms with E-state index in [1.165, 1.54) is 12.8 Å². The predicted molar refractivity (Wildman–Crippen MR) is 75.0 cm³/mol. The summed E-state index contributed by atoms with van der Waals surface area (Å²) < 4.78 is 54.8. The molecule has 0 saturated heterocycles. The zero-order valence-electron chi connectivity index (χ0n) is 12.7. The van der Waals surface area contributed by atoms with Crippen LogP contribution in [0.15, 0.2) is 0 Å². The maximum absolute atomic E-state index is 12.9. The zero-order valence-corrected chi connectivity index (χ0v) is 12.7. The summed E-state index contributed by atoms with van der Waals surface area (Å²) >= 11 is 0. The average molecular weight is 313 g/mol. The number of hydrogen-bond acceptors (Lipinski definition) is 2. The molecule has 0 aromatic carbocycles. The van der Waals surface area contributed by atoms with E-state index in [0.29, 0.717) is 5.92 Å². The molecule has 0 aromatic rings. The molecule has 0 aromatic heterocycles. The Labute approximate surface area is 124 Å². The standard InChI is InChI=1S/C15H27F4NO/c1-2-9-20-13(12-7-5-3-4-6-8-12)10-21-11-15(18,19)14(16)17/h12-14,20H,2-11H2,1H3. The van der Waals surface area contributed by atoms with Crippen LogP contribution in [-0.4, -0.2) is 38.1 Å². The molecule has 1 N–H and O–H groups in total. The molecule has 1 fully saturated rings. The lowest BCUT2D eigenvalue weighted by atomic mass is 9.92. The largest absolute Gasteiger partial charge is 0.373 e. The van der Waals surface area contributed by atoms with Gasteiger partial charge in [-0.2, -0.15) is 8.78 Å². The van der Waals surface area contributed by atoms with Crippen LogP contribution in [0.4, 0.5) is 17.6 Å². The molecule has 0 heterocycles. The minimum absolute atomic E-state index is 0.0171. The Morgan fingerprint density at radius 2 is 1.76 bits per heavy atom. The summed E-state index contributed by atoms with van der Waals surface area (Å²) in [6.45, 7) is 1.69. The second-order valence-corrected chi connectivity index (χ2v) is 5.89. The van der Waals surface area contributed by atoms with Gasteiger partial charge < -0.3 is 10.1 Å². The molecule has 1 unspecified atom stereocenters. The van der Waals surface area contributed by atoms with Gasteiger partial charge in [0.2, 0.25) is 0 Å². The Morgan fingerprint density at radius 3 is 2.29 bits per heavy atom. The lowest BCUT2D eigenvalue weighted by Gasteiger charge is -2.28. The monoisotopic (exact) mass is 313 g/mol. The van der Waals surface area contributed by atoms with Crippen LogP contribution < -0.4 is 5.32 Å². The van der Waals surface area contributed by atoms with E-state index in [2.05, 4.69) is 5.32 Å². The van der Waals surface area contributed by atoms with Crippen LogP contribution in [0.3, 0.4) is 0 Å². The van der Waals surface area contributed by atoms with Crippen LogP contribution in [0.2, 0.25) is 0 Å². The highest BCUT2D eigenvalue weighted by Crippen LogP contribution is 2.27. The van der Waals surface area contributed by atoms with Crippen LogP contribution in [0.5, 0.6) is 0 Å². The van der Waals surface area contributed by atoms with Gasteiger partial charge >= 0.3 is 12.3 Å². The van der Waals surface area contributed by atoms with E-state index >= 15 is 0 Å². The highest BCUT2D eigenvalue weighted by atomic mass is 19.3. The van der Waals surface area contributed by atoms with Crippen molar-refractivity contribution in [1.29, 1.82) is 0 Å². The Hall–Kier alpha value is -0.360. The SMILES string of the molecule is CCCNC(COCC(F)(F)C(F)F)C1CCCCCC1. The third-order valence-electron chi connectivity index (χ3n) is 4.04. The van der Waals surface area contributed by atoms with E-state index in [1.807, 2.05) is 6.92 Å². The fourth-order valence-corrected chi connectivity index (χ4v) is 2.79. The zero-order chi connectivity index (χ0) is 15.7. The summed E-state index contributed by atoms with van der Waals surface area (Å²) in [5.41, 5.74) is 0. The summed E-state index contributed by atoms with van der Waals surface area (Å²) in [5, 5.41) is 3.32. The van der Waals surface area contributed by atoms with E-state index in [1.54, 1.807) is 0 Å². The van der Waals surface area contributed by atoms with Crippen molar-refractivity contribution in [1.82, 2.24) is 5.32 Å². The molecule has 0 bridgehead atoms. The molecule has 0 aliphatic heterocycles. The van der Waals surface area contributed by atoms with E-state index in [0.717, 1.165) is 38.6 Å². The molecule has 1 aliphatic carbocycles. The van der Waals surface area contributed by atoms with Gasteiger partial charge in [-0.05, 0) is 31.7 Å². The maximum atomic E-state index is 12.9. The first kappa shape index (κ1) is 18.7. The molecule has 1 saturated carbocycles. The predicted octanol–water partition coefficient (Wildman–Crippen LogP) is 4.24. The fourth-order valence-electron chi connectivity index (χ4n) is 2.79. The van der Waals surface area contributed by atoms with Crippen molar-refractivity contribution < 1.29 is 22.3 Å². The minimum atomic E-state index is -4.06. The second-order valence-electron chi connectivity index (χ2n) is 5.89. The highest BCUT2D eigenvalue weighted by molar-refractivity contribution is 4.79. The van der Waals surface area contributed by atoms with Crippen molar-refractivity contribution in [3.63, 3.8) is 0 Å². The number of halogens is 4. The molecular formula is C15H27F4NO. The van der Waals surface area contributed by atoms with Gasteiger partial charge in [0, 0.05) is 6.04 Å². The first-order valence-corrected chi connectivity index (χ1v) is 7.94. The van der Waals surface area contributed by atoms with Crippen LogP contribution in [-0.2, 0) is 4.74 Å². The Bertz CT molecular complexity index is 268. The summed E-state index contributed by atoms with van der Waals surface area (Å²) in [5.74, 6) is -3.67. The summed E-state index contributed by atoms with van der Waals surface area (Å²) in [7, 11) is 0. The van der Waals surface area contributed by atoms with Crippen molar-refractivity contribution >= 4 is 0 Å². The highest BCUT2D eigenvalue weighted by Gasteiger charge is 2.41. The Kier molecular flexibility index (Phi) is 8.56. The number of hydrogen-bond donors (Lipinski definition) is 1. The van der Waals surface area contributed by atoms with Crippen molar-refractivity contribution in [2.75, 3.05) is 19.8 Å². The number of nitrogens with one attached hydrogen (secondary N) is 1. The van der Waals surface area contributed by atoms with Gasteiger partial charge in [0.1, 0.15) is 6.61 Å². The summed E-state index contributed by atoms with van der Waals surface area (Å²) in [6, 6.07) is -0.0171. The molecule has 0 amide bonds. The summed E-state index contributed by atoms with van der Waals surface area (Å²) in [6.07, 6.45) is 4.08. The van der Waals surface area contributed by atoms with E-state index in [9.17, 15) is 17.6 Å².